The Kier molecular flexibility index (Phi) is 6.41. The molecule has 6 nitrogen and oxygen atoms in total. The van der Waals surface area contributed by atoms with Gasteiger partial charge in [-0.2, -0.15) is 0 Å². The van der Waals surface area contributed by atoms with Gasteiger partial charge in [-0.15, -0.1) is 0 Å². The lowest BCUT2D eigenvalue weighted by Crippen LogP contribution is -2.49. The minimum absolute atomic E-state index is 0.218. The van der Waals surface area contributed by atoms with Crippen LogP contribution in [0.15, 0.2) is 0 Å². The summed E-state index contributed by atoms with van der Waals surface area (Å²) in [6, 6.07) is -0.300. The molecule has 0 radical (unpaired) electrons. The average molecular weight is 334 g/mol. The summed E-state index contributed by atoms with van der Waals surface area (Å²) >= 11 is 0. The molecule has 7 heteroatoms. The van der Waals surface area contributed by atoms with Crippen LogP contribution < -0.4 is 0 Å². The Morgan fingerprint density at radius 3 is 2.50 bits per heavy atom. The lowest BCUT2D eigenvalue weighted by Gasteiger charge is -2.37. The summed E-state index contributed by atoms with van der Waals surface area (Å²) in [5, 5.41) is 0. The molecule has 0 spiro atoms. The monoisotopic (exact) mass is 334 g/mol. The molecule has 0 N–H and O–H groups in total. The van der Waals surface area contributed by atoms with E-state index in [0.717, 1.165) is 25.9 Å². The molecule has 130 valence electrons. The van der Waals surface area contributed by atoms with Gasteiger partial charge in [0.2, 0.25) is 10.0 Å². The number of carbonyl (C=O) groups excluding carboxylic acids is 1. The predicted molar refractivity (Wildman–Crippen MR) is 87.1 cm³/mol. The minimum atomic E-state index is -3.16. The molecule has 1 heterocycles. The van der Waals surface area contributed by atoms with E-state index in [1.54, 1.807) is 7.05 Å². The predicted octanol–water partition coefficient (Wildman–Crippen LogP) is 1.32. The Hall–Kier alpha value is -0.660. The van der Waals surface area contributed by atoms with Gasteiger partial charge in [0.15, 0.2) is 0 Å². The summed E-state index contributed by atoms with van der Waals surface area (Å²) < 4.78 is 29.9. The molecule has 1 aliphatic heterocycles. The summed E-state index contributed by atoms with van der Waals surface area (Å²) in [7, 11) is -1.55. The summed E-state index contributed by atoms with van der Waals surface area (Å²) in [4.78, 5) is 14.3. The molecule has 2 atom stereocenters. The van der Waals surface area contributed by atoms with Crippen LogP contribution in [0.25, 0.3) is 0 Å². The second-order valence-corrected chi connectivity index (χ2v) is 9.35. The highest BCUT2D eigenvalue weighted by Crippen LogP contribution is 2.21. The van der Waals surface area contributed by atoms with Gasteiger partial charge in [0.1, 0.15) is 11.6 Å². The normalized spacial score (nSPS) is 22.6. The second-order valence-electron chi connectivity index (χ2n) is 7.26. The number of carbonyl (C=O) groups is 1. The molecule has 1 fully saturated rings. The first-order valence-corrected chi connectivity index (χ1v) is 9.63. The van der Waals surface area contributed by atoms with Gasteiger partial charge in [-0.05, 0) is 53.0 Å². The van der Waals surface area contributed by atoms with Crippen molar-refractivity contribution >= 4 is 16.0 Å². The van der Waals surface area contributed by atoms with E-state index in [1.165, 1.54) is 10.6 Å². The number of hydrogen-bond acceptors (Lipinski definition) is 5. The maximum Gasteiger partial charge on any atom is 0.323 e. The van der Waals surface area contributed by atoms with Crippen molar-refractivity contribution in [2.45, 2.75) is 52.2 Å². The van der Waals surface area contributed by atoms with Crippen molar-refractivity contribution in [3.8, 4) is 0 Å². The molecule has 2 unspecified atom stereocenters. The van der Waals surface area contributed by atoms with E-state index in [1.807, 2.05) is 27.7 Å². The number of esters is 1. The highest BCUT2D eigenvalue weighted by molar-refractivity contribution is 7.88. The van der Waals surface area contributed by atoms with Crippen molar-refractivity contribution < 1.29 is 17.9 Å². The van der Waals surface area contributed by atoms with E-state index in [4.69, 9.17) is 4.74 Å². The van der Waals surface area contributed by atoms with Crippen LogP contribution in [0.3, 0.4) is 0 Å². The van der Waals surface area contributed by atoms with Gasteiger partial charge in [0.25, 0.3) is 0 Å². The fraction of sp³-hybridized carbons (Fsp3) is 0.933. The molecule has 0 saturated carbocycles. The number of nitrogens with zero attached hydrogens (tertiary/aromatic N) is 2. The third-order valence-electron chi connectivity index (χ3n) is 3.93. The first kappa shape index (κ1) is 19.4. The van der Waals surface area contributed by atoms with Crippen LogP contribution >= 0.6 is 0 Å². The molecule has 0 aliphatic carbocycles. The van der Waals surface area contributed by atoms with Crippen molar-refractivity contribution in [3.05, 3.63) is 0 Å². The van der Waals surface area contributed by atoms with Gasteiger partial charge in [-0.3, -0.25) is 9.69 Å². The van der Waals surface area contributed by atoms with Crippen LogP contribution in [-0.2, 0) is 19.6 Å². The summed E-state index contributed by atoms with van der Waals surface area (Å²) in [6.07, 6.45) is 3.17. The number of piperidine rings is 1. The quantitative estimate of drug-likeness (QED) is 0.710. The van der Waals surface area contributed by atoms with Gasteiger partial charge in [-0.25, -0.2) is 12.7 Å². The highest BCUT2D eigenvalue weighted by atomic mass is 32.2. The van der Waals surface area contributed by atoms with E-state index in [-0.39, 0.29) is 17.9 Å². The zero-order chi connectivity index (χ0) is 17.1. The molecule has 1 aliphatic rings. The minimum Gasteiger partial charge on any atom is -0.459 e. The Balaban J connectivity index is 2.61. The zero-order valence-corrected chi connectivity index (χ0v) is 15.4. The van der Waals surface area contributed by atoms with Crippen LogP contribution in [0.2, 0.25) is 0 Å². The van der Waals surface area contributed by atoms with Crippen LogP contribution in [0, 0.1) is 5.92 Å². The Morgan fingerprint density at radius 1 is 1.41 bits per heavy atom. The van der Waals surface area contributed by atoms with Crippen LogP contribution in [0.4, 0.5) is 0 Å². The number of sulfonamides is 1. The van der Waals surface area contributed by atoms with Gasteiger partial charge >= 0.3 is 5.97 Å². The summed E-state index contributed by atoms with van der Waals surface area (Å²) in [5.41, 5.74) is -0.489. The third-order valence-corrected chi connectivity index (χ3v) is 5.21. The molecule has 0 aromatic rings. The van der Waals surface area contributed by atoms with E-state index >= 15 is 0 Å². The molecule has 1 rings (SSSR count). The second kappa shape index (κ2) is 7.27. The number of hydrogen-bond donors (Lipinski definition) is 0. The number of ether oxygens (including phenoxy) is 1. The molecule has 1 saturated heterocycles. The van der Waals surface area contributed by atoms with E-state index in [9.17, 15) is 13.2 Å². The lowest BCUT2D eigenvalue weighted by atomic mass is 9.97. The smallest absolute Gasteiger partial charge is 0.323 e. The lowest BCUT2D eigenvalue weighted by molar-refractivity contribution is -0.161. The fourth-order valence-electron chi connectivity index (χ4n) is 2.63. The third kappa shape index (κ3) is 6.22. The van der Waals surface area contributed by atoms with E-state index in [2.05, 4.69) is 4.90 Å². The number of rotatable bonds is 5. The van der Waals surface area contributed by atoms with Gasteiger partial charge < -0.3 is 4.74 Å². The molecular formula is C15H30N2O4S. The maximum absolute atomic E-state index is 12.2. The molecule has 0 aromatic carbocycles. The van der Waals surface area contributed by atoms with E-state index < -0.39 is 15.6 Å². The molecule has 0 amide bonds. The first-order valence-electron chi connectivity index (χ1n) is 7.78. The van der Waals surface area contributed by atoms with Crippen LogP contribution in [-0.4, -0.2) is 68.2 Å². The fourth-order valence-corrected chi connectivity index (χ4v) is 3.11. The SMILES string of the molecule is CC(C(=O)OC(C)(C)C)N1CCCC(CN(C)S(C)(=O)=O)C1. The average Bonchev–Trinajstić information content (AvgIpc) is 2.35. The summed E-state index contributed by atoms with van der Waals surface area (Å²) in [6.45, 7) is 9.50. The Labute approximate surface area is 134 Å². The molecule has 22 heavy (non-hydrogen) atoms. The number of likely N-dealkylation sites (tertiary alicyclic amines) is 1. The van der Waals surface area contributed by atoms with Crippen LogP contribution in [0.1, 0.15) is 40.5 Å². The van der Waals surface area contributed by atoms with Crippen molar-refractivity contribution in [2.24, 2.45) is 5.92 Å². The van der Waals surface area contributed by atoms with Crippen LogP contribution in [0.5, 0.6) is 0 Å². The van der Waals surface area contributed by atoms with Crippen molar-refractivity contribution in [1.82, 2.24) is 9.21 Å². The molecule has 0 aromatic heterocycles. The van der Waals surface area contributed by atoms with Gasteiger partial charge in [-0.1, -0.05) is 0 Å². The van der Waals surface area contributed by atoms with Crippen molar-refractivity contribution in [2.75, 3.05) is 32.9 Å². The zero-order valence-electron chi connectivity index (χ0n) is 14.6. The first-order chi connectivity index (χ1) is 9.90. The van der Waals surface area contributed by atoms with Gasteiger partial charge in [0, 0.05) is 20.1 Å². The summed E-state index contributed by atoms with van der Waals surface area (Å²) in [5.74, 6) is 0.0305. The standard InChI is InChI=1S/C15H30N2O4S/c1-12(14(18)21-15(2,3)4)17-9-7-8-13(11-17)10-16(5)22(6,19)20/h12-13H,7-11H2,1-6H3. The Morgan fingerprint density at radius 2 is 2.00 bits per heavy atom. The highest BCUT2D eigenvalue weighted by Gasteiger charge is 2.31. The van der Waals surface area contributed by atoms with Crippen molar-refractivity contribution in [1.29, 1.82) is 0 Å². The Bertz CT molecular complexity index is 484. The van der Waals surface area contributed by atoms with E-state index in [0.29, 0.717) is 6.54 Å². The topological polar surface area (TPSA) is 66.9 Å². The molecule has 0 bridgehead atoms. The molecular weight excluding hydrogens is 304 g/mol. The largest absolute Gasteiger partial charge is 0.459 e. The maximum atomic E-state index is 12.2. The van der Waals surface area contributed by atoms with Gasteiger partial charge in [0.05, 0.1) is 6.26 Å². The van der Waals surface area contributed by atoms with Crippen molar-refractivity contribution in [3.63, 3.8) is 0 Å².